The number of carbonyl (C=O) groups is 1. The summed E-state index contributed by atoms with van der Waals surface area (Å²) in [5.74, 6) is 0. The molecule has 0 aromatic carbocycles. The lowest BCUT2D eigenvalue weighted by atomic mass is 9.78. The lowest BCUT2D eigenvalue weighted by Gasteiger charge is -2.45. The van der Waals surface area contributed by atoms with E-state index in [1.807, 2.05) is 50.2 Å². The van der Waals surface area contributed by atoms with Crippen LogP contribution in [0.25, 0.3) is 0 Å². The van der Waals surface area contributed by atoms with Gasteiger partial charge in [-0.3, -0.25) is 4.98 Å². The SMILES string of the molecule is C[C@@H](NC1CCN(C(=O)OC(C)(C)C)CC1(C)C)c1ccncc1. The molecule has 0 spiro atoms. The molecule has 5 heteroatoms. The highest BCUT2D eigenvalue weighted by atomic mass is 16.6. The molecular formula is C19H31N3O2. The number of hydrogen-bond donors (Lipinski definition) is 1. The van der Waals surface area contributed by atoms with Crippen LogP contribution in [-0.2, 0) is 4.74 Å². The van der Waals surface area contributed by atoms with Crippen molar-refractivity contribution in [1.82, 2.24) is 15.2 Å². The number of rotatable bonds is 3. The molecule has 2 rings (SSSR count). The first-order chi connectivity index (χ1) is 11.1. The molecule has 1 N–H and O–H groups in total. The van der Waals surface area contributed by atoms with Gasteiger partial charge in [0.2, 0.25) is 0 Å². The predicted molar refractivity (Wildman–Crippen MR) is 95.8 cm³/mol. The Bertz CT molecular complexity index is 551. The minimum absolute atomic E-state index is 0.0174. The van der Waals surface area contributed by atoms with Crippen LogP contribution >= 0.6 is 0 Å². The first-order valence-electron chi connectivity index (χ1n) is 8.72. The van der Waals surface area contributed by atoms with E-state index in [0.29, 0.717) is 12.6 Å². The zero-order chi connectivity index (χ0) is 18.0. The maximum Gasteiger partial charge on any atom is 0.410 e. The largest absolute Gasteiger partial charge is 0.444 e. The molecule has 1 amide bonds. The Morgan fingerprint density at radius 1 is 1.38 bits per heavy atom. The maximum atomic E-state index is 12.3. The van der Waals surface area contributed by atoms with E-state index in [4.69, 9.17) is 4.74 Å². The molecule has 1 unspecified atom stereocenters. The topological polar surface area (TPSA) is 54.5 Å². The number of aromatic nitrogens is 1. The van der Waals surface area contributed by atoms with Gasteiger partial charge in [-0.15, -0.1) is 0 Å². The molecule has 1 saturated heterocycles. The quantitative estimate of drug-likeness (QED) is 0.915. The van der Waals surface area contributed by atoms with Gasteiger partial charge in [-0.2, -0.15) is 0 Å². The fourth-order valence-electron chi connectivity index (χ4n) is 3.20. The summed E-state index contributed by atoms with van der Waals surface area (Å²) in [6.07, 6.45) is 4.35. The molecular weight excluding hydrogens is 302 g/mol. The minimum Gasteiger partial charge on any atom is -0.444 e. The summed E-state index contributed by atoms with van der Waals surface area (Å²) < 4.78 is 5.52. The molecule has 0 aliphatic carbocycles. The van der Waals surface area contributed by atoms with Gasteiger partial charge in [-0.05, 0) is 57.2 Å². The van der Waals surface area contributed by atoms with Gasteiger partial charge in [-0.1, -0.05) is 13.8 Å². The molecule has 134 valence electrons. The zero-order valence-corrected chi connectivity index (χ0v) is 15.8. The summed E-state index contributed by atoms with van der Waals surface area (Å²) in [4.78, 5) is 18.2. The van der Waals surface area contributed by atoms with Gasteiger partial charge >= 0.3 is 6.09 Å². The van der Waals surface area contributed by atoms with Gasteiger partial charge in [0.1, 0.15) is 5.60 Å². The first-order valence-corrected chi connectivity index (χ1v) is 8.72. The molecule has 1 aromatic rings. The number of nitrogens with zero attached hydrogens (tertiary/aromatic N) is 2. The van der Waals surface area contributed by atoms with Crippen molar-refractivity contribution in [2.45, 2.75) is 65.6 Å². The van der Waals surface area contributed by atoms with Crippen molar-refractivity contribution in [3.8, 4) is 0 Å². The van der Waals surface area contributed by atoms with E-state index >= 15 is 0 Å². The molecule has 5 nitrogen and oxygen atoms in total. The van der Waals surface area contributed by atoms with Crippen LogP contribution in [0.1, 0.15) is 59.6 Å². The normalized spacial score (nSPS) is 22.1. The Balaban J connectivity index is 1.97. The number of ether oxygens (including phenoxy) is 1. The Morgan fingerprint density at radius 2 is 2.00 bits per heavy atom. The average Bonchev–Trinajstić information content (AvgIpc) is 2.48. The third-order valence-corrected chi connectivity index (χ3v) is 4.54. The summed E-state index contributed by atoms with van der Waals surface area (Å²) >= 11 is 0. The van der Waals surface area contributed by atoms with E-state index in [1.165, 1.54) is 5.56 Å². The molecule has 24 heavy (non-hydrogen) atoms. The number of nitrogens with one attached hydrogen (secondary N) is 1. The second-order valence-corrected chi connectivity index (χ2v) is 8.40. The van der Waals surface area contributed by atoms with E-state index in [-0.39, 0.29) is 17.6 Å². The van der Waals surface area contributed by atoms with Crippen LogP contribution < -0.4 is 5.32 Å². The van der Waals surface area contributed by atoms with Crippen molar-refractivity contribution in [3.05, 3.63) is 30.1 Å². The van der Waals surface area contributed by atoms with Crippen LogP contribution in [0.4, 0.5) is 4.79 Å². The van der Waals surface area contributed by atoms with Crippen LogP contribution in [0, 0.1) is 5.41 Å². The first kappa shape index (κ1) is 18.7. The van der Waals surface area contributed by atoms with E-state index in [0.717, 1.165) is 13.0 Å². The van der Waals surface area contributed by atoms with Crippen molar-refractivity contribution in [1.29, 1.82) is 0 Å². The van der Waals surface area contributed by atoms with Crippen molar-refractivity contribution < 1.29 is 9.53 Å². The van der Waals surface area contributed by atoms with Gasteiger partial charge in [0.25, 0.3) is 0 Å². The second kappa shape index (κ2) is 7.09. The van der Waals surface area contributed by atoms with E-state index in [2.05, 4.69) is 31.1 Å². The van der Waals surface area contributed by atoms with Crippen molar-refractivity contribution in [3.63, 3.8) is 0 Å². The van der Waals surface area contributed by atoms with Crippen molar-refractivity contribution >= 4 is 6.09 Å². The van der Waals surface area contributed by atoms with E-state index in [1.54, 1.807) is 0 Å². The summed E-state index contributed by atoms with van der Waals surface area (Å²) in [6.45, 7) is 13.7. The van der Waals surface area contributed by atoms with Crippen LogP contribution in [0.2, 0.25) is 0 Å². The highest BCUT2D eigenvalue weighted by molar-refractivity contribution is 5.68. The molecule has 0 saturated carbocycles. The van der Waals surface area contributed by atoms with Crippen LogP contribution in [0.3, 0.4) is 0 Å². The molecule has 0 bridgehead atoms. The summed E-state index contributed by atoms with van der Waals surface area (Å²) in [5, 5.41) is 3.73. The highest BCUT2D eigenvalue weighted by Crippen LogP contribution is 2.31. The summed E-state index contributed by atoms with van der Waals surface area (Å²) in [6, 6.07) is 4.69. The monoisotopic (exact) mass is 333 g/mol. The summed E-state index contributed by atoms with van der Waals surface area (Å²) in [5.41, 5.74) is 0.762. The average molecular weight is 333 g/mol. The predicted octanol–water partition coefficient (Wildman–Crippen LogP) is 3.77. The second-order valence-electron chi connectivity index (χ2n) is 8.40. The summed E-state index contributed by atoms with van der Waals surface area (Å²) in [7, 11) is 0. The van der Waals surface area contributed by atoms with Gasteiger partial charge in [0.15, 0.2) is 0 Å². The molecule has 0 radical (unpaired) electrons. The van der Waals surface area contributed by atoms with Gasteiger partial charge in [0, 0.05) is 37.6 Å². The van der Waals surface area contributed by atoms with Crippen molar-refractivity contribution in [2.75, 3.05) is 13.1 Å². The van der Waals surface area contributed by atoms with Crippen LogP contribution in [0.15, 0.2) is 24.5 Å². The van der Waals surface area contributed by atoms with Gasteiger partial charge in [-0.25, -0.2) is 4.79 Å². The fourth-order valence-corrected chi connectivity index (χ4v) is 3.20. The Kier molecular flexibility index (Phi) is 5.53. The lowest BCUT2D eigenvalue weighted by Crippen LogP contribution is -2.56. The number of piperidine rings is 1. The fraction of sp³-hybridized carbons (Fsp3) is 0.684. The van der Waals surface area contributed by atoms with E-state index < -0.39 is 5.60 Å². The number of pyridine rings is 1. The lowest BCUT2D eigenvalue weighted by molar-refractivity contribution is 0.00132. The van der Waals surface area contributed by atoms with Crippen molar-refractivity contribution in [2.24, 2.45) is 5.41 Å². The number of carbonyl (C=O) groups excluding carboxylic acids is 1. The number of hydrogen-bond acceptors (Lipinski definition) is 4. The van der Waals surface area contributed by atoms with Crippen LogP contribution in [-0.4, -0.2) is 40.7 Å². The Labute approximate surface area is 145 Å². The third-order valence-electron chi connectivity index (χ3n) is 4.54. The van der Waals surface area contributed by atoms with Gasteiger partial charge in [0.05, 0.1) is 0 Å². The molecule has 1 fully saturated rings. The molecule has 1 aromatic heterocycles. The smallest absolute Gasteiger partial charge is 0.410 e. The third kappa shape index (κ3) is 4.94. The van der Waals surface area contributed by atoms with Crippen LogP contribution in [0.5, 0.6) is 0 Å². The molecule has 2 atom stereocenters. The Morgan fingerprint density at radius 3 is 2.54 bits per heavy atom. The zero-order valence-electron chi connectivity index (χ0n) is 15.8. The van der Waals surface area contributed by atoms with Gasteiger partial charge < -0.3 is 15.0 Å². The Hall–Kier alpha value is -1.62. The molecule has 1 aliphatic rings. The maximum absolute atomic E-state index is 12.3. The number of likely N-dealkylation sites (tertiary alicyclic amines) is 1. The molecule has 1 aliphatic heterocycles. The van der Waals surface area contributed by atoms with E-state index in [9.17, 15) is 4.79 Å². The standard InChI is InChI=1S/C19H31N3O2/c1-14(15-7-10-20-11-8-15)21-16-9-12-22(13-19(16,5)6)17(23)24-18(2,3)4/h7-8,10-11,14,16,21H,9,12-13H2,1-6H3/t14-,16?/m1/s1. The molecule has 2 heterocycles. The highest BCUT2D eigenvalue weighted by Gasteiger charge is 2.39. The minimum atomic E-state index is -0.452. The number of amides is 1.